The Morgan fingerprint density at radius 1 is 0.306 bits per heavy atom. The van der Waals surface area contributed by atoms with Gasteiger partial charge in [0.15, 0.2) is 0 Å². The summed E-state index contributed by atoms with van der Waals surface area (Å²) in [6, 6.07) is 0. The molecule has 0 radical (unpaired) electrons. The van der Waals surface area contributed by atoms with Gasteiger partial charge in [-0.1, -0.05) is 38.5 Å². The molecule has 0 spiro atoms. The molecular weight excluding hydrogens is 909 g/mol. The molecule has 4 fully saturated rings. The average Bonchev–Trinajstić information content (AvgIpc) is 3.15. The minimum absolute atomic E-state index is 0.109. The van der Waals surface area contributed by atoms with E-state index in [-0.39, 0.29) is 92.6 Å². The van der Waals surface area contributed by atoms with Crippen LogP contribution in [0.3, 0.4) is 0 Å². The maximum atomic E-state index is 13.2. The summed E-state index contributed by atoms with van der Waals surface area (Å²) in [6.45, 7) is 38.5. The first-order valence-corrected chi connectivity index (χ1v) is 28.5. The fourth-order valence-electron chi connectivity index (χ4n) is 13.6. The fraction of sp³-hybridized carbons (Fsp3) is 0.931. The Bertz CT molecular complexity index is 1440. The van der Waals surface area contributed by atoms with Gasteiger partial charge in [-0.2, -0.15) is 0 Å². The van der Waals surface area contributed by atoms with Crippen LogP contribution in [0, 0.1) is 0 Å². The molecule has 4 saturated heterocycles. The van der Waals surface area contributed by atoms with Crippen molar-refractivity contribution in [2.45, 2.75) is 308 Å². The summed E-state index contributed by atoms with van der Waals surface area (Å²) in [5.74, 6) is -0.684. The van der Waals surface area contributed by atoms with E-state index in [1.807, 2.05) is 0 Å². The maximum absolute atomic E-state index is 13.2. The Labute approximate surface area is 438 Å². The second-order valence-corrected chi connectivity index (χ2v) is 28.2. The highest BCUT2D eigenvalue weighted by atomic mass is 16.6. The van der Waals surface area contributed by atoms with E-state index in [9.17, 15) is 19.2 Å². The molecule has 4 heterocycles. The van der Waals surface area contributed by atoms with E-state index in [1.165, 1.54) is 0 Å². The van der Waals surface area contributed by atoms with E-state index < -0.39 is 0 Å². The van der Waals surface area contributed by atoms with Crippen LogP contribution in [-0.2, 0) is 38.1 Å². The van der Waals surface area contributed by atoms with E-state index >= 15 is 0 Å². The second-order valence-electron chi connectivity index (χ2n) is 28.2. The van der Waals surface area contributed by atoms with Crippen molar-refractivity contribution in [3.8, 4) is 0 Å². The van der Waals surface area contributed by atoms with Gasteiger partial charge in [0.25, 0.3) is 0 Å². The van der Waals surface area contributed by atoms with Gasteiger partial charge in [-0.25, -0.2) is 0 Å². The zero-order valence-electron chi connectivity index (χ0n) is 48.9. The smallest absolute Gasteiger partial charge is 0.307 e. The minimum Gasteiger partial charge on any atom is -0.462 e. The number of rotatable bonds is 27. The SMILES string of the molecule is CC1(C)CC(OC(=O)CCN(CCCCCCCCCCN(CCC(=O)OC2CC(C)(C)NC(C)(C)C2)CCC(=O)OC2CC(C)(C)NC(C)(C)C2)CCC(=O)OC2CC(C)(C)NC(C)(C)C2)CC(C)(C)N1. The molecule has 0 aromatic carbocycles. The van der Waals surface area contributed by atoms with E-state index in [4.69, 9.17) is 18.9 Å². The van der Waals surface area contributed by atoms with Crippen molar-refractivity contribution in [1.82, 2.24) is 31.1 Å². The molecule has 4 rings (SSSR count). The number of carbonyl (C=O) groups excluding carboxylic acids is 4. The van der Waals surface area contributed by atoms with Crippen LogP contribution in [0.5, 0.6) is 0 Å². The molecule has 0 atom stereocenters. The monoisotopic (exact) mass is 1020 g/mol. The van der Waals surface area contributed by atoms with Gasteiger partial charge in [-0.3, -0.25) is 19.2 Å². The number of esters is 4. The lowest BCUT2D eigenvalue weighted by Crippen LogP contribution is -2.59. The molecule has 14 nitrogen and oxygen atoms in total. The van der Waals surface area contributed by atoms with Crippen molar-refractivity contribution in [2.75, 3.05) is 39.3 Å². The van der Waals surface area contributed by atoms with Crippen molar-refractivity contribution >= 4 is 23.9 Å². The molecular formula is C58H108N6O8. The summed E-state index contributed by atoms with van der Waals surface area (Å²) in [5.41, 5.74) is -0.876. The summed E-state index contributed by atoms with van der Waals surface area (Å²) in [5, 5.41) is 14.7. The number of ether oxygens (including phenoxy) is 4. The number of nitrogens with zero attached hydrogens (tertiary/aromatic N) is 2. The molecule has 0 bridgehead atoms. The molecule has 0 unspecified atom stereocenters. The Morgan fingerprint density at radius 2 is 0.472 bits per heavy atom. The normalized spacial score (nSPS) is 23.6. The molecule has 4 aliphatic rings. The number of nitrogens with one attached hydrogen (secondary N) is 4. The van der Waals surface area contributed by atoms with Gasteiger partial charge in [-0.15, -0.1) is 0 Å². The van der Waals surface area contributed by atoms with Crippen LogP contribution in [0.2, 0.25) is 0 Å². The summed E-state index contributed by atoms with van der Waals surface area (Å²) in [6.07, 6.45) is 15.7. The summed E-state index contributed by atoms with van der Waals surface area (Å²) in [7, 11) is 0. The summed E-state index contributed by atoms with van der Waals surface area (Å²) in [4.78, 5) is 57.5. The van der Waals surface area contributed by atoms with Crippen LogP contribution in [-0.4, -0.2) is 142 Å². The highest BCUT2D eigenvalue weighted by molar-refractivity contribution is 5.71. The van der Waals surface area contributed by atoms with Crippen LogP contribution in [0.15, 0.2) is 0 Å². The topological polar surface area (TPSA) is 160 Å². The van der Waals surface area contributed by atoms with Crippen LogP contribution < -0.4 is 21.3 Å². The molecule has 14 heteroatoms. The summed E-state index contributed by atoms with van der Waals surface area (Å²) >= 11 is 0. The number of hydrogen-bond donors (Lipinski definition) is 4. The highest BCUT2D eigenvalue weighted by Crippen LogP contribution is 2.34. The van der Waals surface area contributed by atoms with Crippen LogP contribution in [0.1, 0.15) is 239 Å². The molecule has 418 valence electrons. The quantitative estimate of drug-likeness (QED) is 0.0350. The standard InChI is InChI=1S/C58H108N6O8/c1-51(2)35-43(36-52(3,4)59-51)69-47(65)25-31-63(32-26-48(66)70-44-37-53(5,6)60-54(7,8)38-44)29-23-21-19-17-18-20-22-24-30-64(33-27-49(67)71-45-39-55(9,10)61-56(11,12)40-45)34-28-50(68)72-46-41-57(13,14)62-58(15,16)42-46/h43-46,59-62H,17-42H2,1-16H3. The zero-order valence-corrected chi connectivity index (χ0v) is 48.9. The van der Waals surface area contributed by atoms with Crippen molar-refractivity contribution in [3.05, 3.63) is 0 Å². The molecule has 0 amide bonds. The van der Waals surface area contributed by atoms with Crippen LogP contribution >= 0.6 is 0 Å². The van der Waals surface area contributed by atoms with Gasteiger partial charge in [0.05, 0.1) is 25.7 Å². The molecule has 4 aliphatic heterocycles. The van der Waals surface area contributed by atoms with Gasteiger partial charge in [-0.05, 0) is 137 Å². The predicted molar refractivity (Wildman–Crippen MR) is 290 cm³/mol. The third kappa shape index (κ3) is 24.5. The zero-order chi connectivity index (χ0) is 53.8. The second kappa shape index (κ2) is 26.1. The number of carbonyl (C=O) groups is 4. The Kier molecular flexibility index (Phi) is 22.6. The molecule has 0 saturated carbocycles. The van der Waals surface area contributed by atoms with Crippen LogP contribution in [0.4, 0.5) is 0 Å². The van der Waals surface area contributed by atoms with Gasteiger partial charge >= 0.3 is 23.9 Å². The lowest BCUT2D eigenvalue weighted by Gasteiger charge is -2.46. The maximum Gasteiger partial charge on any atom is 0.307 e. The van der Waals surface area contributed by atoms with Crippen molar-refractivity contribution in [1.29, 1.82) is 0 Å². The third-order valence-electron chi connectivity index (χ3n) is 15.0. The van der Waals surface area contributed by atoms with E-state index in [2.05, 4.69) is 142 Å². The Hall–Kier alpha value is -2.36. The molecule has 0 aromatic heterocycles. The van der Waals surface area contributed by atoms with Gasteiger partial charge in [0, 0.05) is 122 Å². The molecule has 72 heavy (non-hydrogen) atoms. The third-order valence-corrected chi connectivity index (χ3v) is 15.0. The van der Waals surface area contributed by atoms with Crippen LogP contribution in [0.25, 0.3) is 0 Å². The first kappa shape index (κ1) is 62.2. The molecule has 0 aliphatic carbocycles. The van der Waals surface area contributed by atoms with E-state index in [1.54, 1.807) is 0 Å². The minimum atomic E-state index is -0.171. The number of unbranched alkanes of at least 4 members (excludes halogenated alkanes) is 7. The van der Waals surface area contributed by atoms with Gasteiger partial charge in [0.2, 0.25) is 0 Å². The molecule has 0 aromatic rings. The highest BCUT2D eigenvalue weighted by Gasteiger charge is 2.43. The Morgan fingerprint density at radius 3 is 0.653 bits per heavy atom. The van der Waals surface area contributed by atoms with Crippen molar-refractivity contribution < 1.29 is 38.1 Å². The number of hydrogen-bond acceptors (Lipinski definition) is 14. The Balaban J connectivity index is 1.21. The summed E-state index contributed by atoms with van der Waals surface area (Å²) < 4.78 is 24.2. The lowest BCUT2D eigenvalue weighted by atomic mass is 9.81. The van der Waals surface area contributed by atoms with Crippen molar-refractivity contribution in [3.63, 3.8) is 0 Å². The lowest BCUT2D eigenvalue weighted by molar-refractivity contribution is -0.155. The number of piperidine rings is 4. The van der Waals surface area contributed by atoms with E-state index in [0.29, 0.717) is 51.9 Å². The fourth-order valence-corrected chi connectivity index (χ4v) is 13.6. The first-order valence-electron chi connectivity index (χ1n) is 28.5. The largest absolute Gasteiger partial charge is 0.462 e. The van der Waals surface area contributed by atoms with E-state index in [0.717, 1.165) is 116 Å². The molecule has 4 N–H and O–H groups in total. The van der Waals surface area contributed by atoms with Gasteiger partial charge < -0.3 is 50.0 Å². The van der Waals surface area contributed by atoms with Crippen molar-refractivity contribution in [2.24, 2.45) is 0 Å². The predicted octanol–water partition coefficient (Wildman–Crippen LogP) is 9.68. The first-order chi connectivity index (χ1) is 33.1. The van der Waals surface area contributed by atoms with Gasteiger partial charge in [0.1, 0.15) is 24.4 Å². The average molecular weight is 1020 g/mol.